The molecule has 2 rings (SSSR count). The fourth-order valence-electron chi connectivity index (χ4n) is 3.74. The molecule has 0 N–H and O–H groups in total. The Labute approximate surface area is 185 Å². The predicted molar refractivity (Wildman–Crippen MR) is 112 cm³/mol. The van der Waals surface area contributed by atoms with Crippen molar-refractivity contribution in [2.45, 2.75) is 109 Å². The molecule has 2 aliphatic rings. The molecule has 1 radical (unpaired) electrons. The first-order chi connectivity index (χ1) is 15.1. The van der Waals surface area contributed by atoms with Gasteiger partial charge in [-0.15, -0.1) is 0 Å². The molecular formula is C23H39O8. The summed E-state index contributed by atoms with van der Waals surface area (Å²) in [7, 11) is 0. The first kappa shape index (κ1) is 26.0. The third-order valence-electron chi connectivity index (χ3n) is 5.66. The zero-order valence-electron chi connectivity index (χ0n) is 19.1. The van der Waals surface area contributed by atoms with Crippen LogP contribution in [0.3, 0.4) is 0 Å². The van der Waals surface area contributed by atoms with Gasteiger partial charge in [-0.05, 0) is 32.1 Å². The van der Waals surface area contributed by atoms with Gasteiger partial charge in [0.2, 0.25) is 0 Å². The summed E-state index contributed by atoms with van der Waals surface area (Å²) in [5.41, 5.74) is 0. The van der Waals surface area contributed by atoms with E-state index in [2.05, 4.69) is 13.8 Å². The van der Waals surface area contributed by atoms with Crippen molar-refractivity contribution in [3.8, 4) is 0 Å². The lowest BCUT2D eigenvalue weighted by molar-refractivity contribution is -0.320. The van der Waals surface area contributed by atoms with Crippen LogP contribution >= 0.6 is 0 Å². The molecule has 0 spiro atoms. The summed E-state index contributed by atoms with van der Waals surface area (Å²) in [5, 5.41) is 13.0. The van der Waals surface area contributed by atoms with Gasteiger partial charge in [-0.3, -0.25) is 4.79 Å². The first-order valence-electron chi connectivity index (χ1n) is 12.0. The average molecular weight is 444 g/mol. The van der Waals surface area contributed by atoms with E-state index in [1.54, 1.807) is 0 Å². The molecule has 0 aromatic rings. The Bertz CT molecular complexity index is 520. The van der Waals surface area contributed by atoms with E-state index in [4.69, 9.17) is 23.7 Å². The molecule has 2 heterocycles. The van der Waals surface area contributed by atoms with Gasteiger partial charge in [0.1, 0.15) is 0 Å². The topological polar surface area (TPSA) is 100 Å². The predicted octanol–water partition coefficient (Wildman–Crippen LogP) is 3.92. The highest BCUT2D eigenvalue weighted by molar-refractivity contribution is 5.78. The number of rotatable bonds is 13. The molecule has 8 heteroatoms. The molecule has 0 aromatic carbocycles. The van der Waals surface area contributed by atoms with E-state index in [1.807, 2.05) is 0 Å². The van der Waals surface area contributed by atoms with E-state index < -0.39 is 42.6 Å². The third-order valence-corrected chi connectivity index (χ3v) is 5.66. The normalized spacial score (nSPS) is 28.8. The quantitative estimate of drug-likeness (QED) is 0.314. The van der Waals surface area contributed by atoms with E-state index >= 15 is 0 Å². The van der Waals surface area contributed by atoms with Gasteiger partial charge >= 0.3 is 11.9 Å². The van der Waals surface area contributed by atoms with Crippen LogP contribution in [0.2, 0.25) is 0 Å². The summed E-state index contributed by atoms with van der Waals surface area (Å²) in [6.07, 6.45) is 4.71. The van der Waals surface area contributed by atoms with Crippen molar-refractivity contribution < 1.29 is 38.4 Å². The fraction of sp³-hybridized carbons (Fsp3) is 0.913. The zero-order valence-corrected chi connectivity index (χ0v) is 19.1. The molecule has 5 atom stereocenters. The molecule has 2 aliphatic heterocycles. The van der Waals surface area contributed by atoms with Crippen LogP contribution in [0.4, 0.5) is 0 Å². The number of ether oxygens (including phenoxy) is 5. The number of hydrogen-bond donors (Lipinski definition) is 0. The Balaban J connectivity index is 1.96. The molecule has 0 aliphatic carbocycles. The minimum absolute atomic E-state index is 0.0556. The Morgan fingerprint density at radius 3 is 2.26 bits per heavy atom. The Morgan fingerprint density at radius 1 is 0.903 bits per heavy atom. The molecule has 179 valence electrons. The maximum absolute atomic E-state index is 13.0. The summed E-state index contributed by atoms with van der Waals surface area (Å²) in [4.78, 5) is 25.1. The molecule has 2 saturated heterocycles. The molecular weight excluding hydrogens is 404 g/mol. The van der Waals surface area contributed by atoms with Gasteiger partial charge in [-0.25, -0.2) is 9.90 Å². The monoisotopic (exact) mass is 443 g/mol. The highest BCUT2D eigenvalue weighted by atomic mass is 16.8. The van der Waals surface area contributed by atoms with Gasteiger partial charge in [0.15, 0.2) is 24.8 Å². The van der Waals surface area contributed by atoms with E-state index in [9.17, 15) is 14.7 Å². The first-order valence-corrected chi connectivity index (χ1v) is 12.0. The second-order valence-electron chi connectivity index (χ2n) is 8.33. The smallest absolute Gasteiger partial charge is 0.335 e. The average Bonchev–Trinajstić information content (AvgIpc) is 2.78. The van der Waals surface area contributed by atoms with Crippen molar-refractivity contribution in [3.63, 3.8) is 0 Å². The van der Waals surface area contributed by atoms with E-state index in [-0.39, 0.29) is 19.6 Å². The fourth-order valence-corrected chi connectivity index (χ4v) is 3.74. The van der Waals surface area contributed by atoms with Crippen molar-refractivity contribution >= 4 is 11.9 Å². The Morgan fingerprint density at radius 2 is 1.58 bits per heavy atom. The number of carbonyl (C=O) groups excluding carboxylic acids is 2. The number of hydrogen-bond acceptors (Lipinski definition) is 7. The summed E-state index contributed by atoms with van der Waals surface area (Å²) < 4.78 is 27.6. The van der Waals surface area contributed by atoms with Crippen molar-refractivity contribution in [2.24, 2.45) is 5.92 Å². The summed E-state index contributed by atoms with van der Waals surface area (Å²) >= 11 is 0. The Hall–Kier alpha value is -1.22. The summed E-state index contributed by atoms with van der Waals surface area (Å²) in [6, 6.07) is 0. The second kappa shape index (κ2) is 14.8. The van der Waals surface area contributed by atoms with Gasteiger partial charge in [-0.2, -0.15) is 0 Å². The molecule has 0 aromatic heterocycles. The van der Waals surface area contributed by atoms with Gasteiger partial charge in [-0.1, -0.05) is 46.0 Å². The summed E-state index contributed by atoms with van der Waals surface area (Å²) in [6.45, 7) is 5.28. The van der Waals surface area contributed by atoms with Crippen LogP contribution in [0.1, 0.15) is 84.5 Å². The van der Waals surface area contributed by atoms with E-state index in [0.717, 1.165) is 57.8 Å². The Kier molecular flexibility index (Phi) is 12.4. The minimum Gasteiger partial charge on any atom is -0.465 e. The maximum atomic E-state index is 13.0. The maximum Gasteiger partial charge on any atom is 0.335 e. The van der Waals surface area contributed by atoms with Crippen molar-refractivity contribution in [1.29, 1.82) is 0 Å². The highest BCUT2D eigenvalue weighted by Crippen LogP contribution is 2.31. The lowest BCUT2D eigenvalue weighted by atomic mass is 9.92. The lowest BCUT2D eigenvalue weighted by Gasteiger charge is -2.37. The van der Waals surface area contributed by atoms with Crippen LogP contribution in [0.25, 0.3) is 0 Å². The molecule has 2 fully saturated rings. The van der Waals surface area contributed by atoms with Crippen LogP contribution in [0.5, 0.6) is 0 Å². The van der Waals surface area contributed by atoms with Crippen LogP contribution in [0, 0.1) is 5.92 Å². The van der Waals surface area contributed by atoms with Crippen LogP contribution < -0.4 is 0 Å². The van der Waals surface area contributed by atoms with E-state index in [0.29, 0.717) is 13.0 Å². The lowest BCUT2D eigenvalue weighted by Crippen LogP contribution is -2.52. The molecule has 0 amide bonds. The van der Waals surface area contributed by atoms with Gasteiger partial charge in [0.25, 0.3) is 0 Å². The third kappa shape index (κ3) is 9.04. The number of carbonyl (C=O) groups is 2. The molecule has 8 nitrogen and oxygen atoms in total. The zero-order chi connectivity index (χ0) is 22.5. The van der Waals surface area contributed by atoms with E-state index in [1.165, 1.54) is 0 Å². The molecule has 31 heavy (non-hydrogen) atoms. The second-order valence-corrected chi connectivity index (χ2v) is 8.33. The van der Waals surface area contributed by atoms with Crippen molar-refractivity contribution in [2.75, 3.05) is 19.8 Å². The van der Waals surface area contributed by atoms with Crippen molar-refractivity contribution in [3.05, 3.63) is 0 Å². The van der Waals surface area contributed by atoms with Crippen LogP contribution in [0.15, 0.2) is 0 Å². The summed E-state index contributed by atoms with van der Waals surface area (Å²) in [5.74, 6) is -2.19. The largest absolute Gasteiger partial charge is 0.465 e. The molecule has 0 saturated carbocycles. The van der Waals surface area contributed by atoms with Crippen LogP contribution in [-0.4, -0.2) is 56.5 Å². The SMILES string of the molecule is CCCCCCOC(=O)C1CC(C(=O)OCCCCC)OC(OC2CCCCO2)C1[O]. The number of unbranched alkanes of at least 4 members (excludes halogenated alkanes) is 5. The molecule has 5 unspecified atom stereocenters. The van der Waals surface area contributed by atoms with Gasteiger partial charge < -0.3 is 23.7 Å². The van der Waals surface area contributed by atoms with Gasteiger partial charge in [0.05, 0.1) is 19.1 Å². The highest BCUT2D eigenvalue weighted by Gasteiger charge is 2.47. The standard InChI is InChI=1S/C23H39O8/c1-3-5-7-10-15-28-21(25)17-16-18(22(26)29-14-9-6-4-2)30-23(20(17)24)31-19-12-8-11-13-27-19/h17-20,23H,3-16H2,1-2H3. The molecule has 0 bridgehead atoms. The van der Waals surface area contributed by atoms with Gasteiger partial charge in [0, 0.05) is 13.0 Å². The number of esters is 2. The van der Waals surface area contributed by atoms with Crippen molar-refractivity contribution in [1.82, 2.24) is 0 Å². The van der Waals surface area contributed by atoms with Crippen LogP contribution in [-0.2, 0) is 38.4 Å². The minimum atomic E-state index is -1.49.